The molecule has 1 aliphatic heterocycles. The fourth-order valence-corrected chi connectivity index (χ4v) is 5.17. The number of piperidine rings is 1. The van der Waals surface area contributed by atoms with Crippen molar-refractivity contribution in [2.75, 3.05) is 13.1 Å². The predicted octanol–water partition coefficient (Wildman–Crippen LogP) is 2.21. The molecule has 1 amide bonds. The van der Waals surface area contributed by atoms with Crippen molar-refractivity contribution in [1.82, 2.24) is 9.62 Å². The van der Waals surface area contributed by atoms with Crippen molar-refractivity contribution in [3.63, 3.8) is 0 Å². The SMILES string of the molecule is Cc1cccc([N+](=O)[O-])c1S(=O)(=O)N1CCC(C(=O)NCc2ccco2)CC1. The number of nitrogens with zero attached hydrogens (tertiary/aromatic N) is 2. The maximum atomic E-state index is 13.0. The number of carbonyl (C=O) groups excluding carboxylic acids is 1. The minimum Gasteiger partial charge on any atom is -0.467 e. The molecular formula is C18H21N3O6S. The van der Waals surface area contributed by atoms with Crippen LogP contribution >= 0.6 is 0 Å². The van der Waals surface area contributed by atoms with Crippen LogP contribution in [0.1, 0.15) is 24.2 Å². The summed E-state index contributed by atoms with van der Waals surface area (Å²) in [5.74, 6) is 0.170. The van der Waals surface area contributed by atoms with E-state index in [2.05, 4.69) is 5.32 Å². The maximum Gasteiger partial charge on any atom is 0.289 e. The first-order chi connectivity index (χ1) is 13.3. The number of hydrogen-bond acceptors (Lipinski definition) is 6. The fraction of sp³-hybridized carbons (Fsp3) is 0.389. The van der Waals surface area contributed by atoms with E-state index in [4.69, 9.17) is 4.42 Å². The monoisotopic (exact) mass is 407 g/mol. The molecule has 0 saturated carbocycles. The van der Waals surface area contributed by atoms with E-state index in [1.807, 2.05) is 0 Å². The Bertz CT molecular complexity index is 963. The van der Waals surface area contributed by atoms with Gasteiger partial charge in [-0.25, -0.2) is 8.42 Å². The van der Waals surface area contributed by atoms with E-state index >= 15 is 0 Å². The summed E-state index contributed by atoms with van der Waals surface area (Å²) >= 11 is 0. The molecule has 0 radical (unpaired) electrons. The first-order valence-corrected chi connectivity index (χ1v) is 10.3. The second-order valence-corrected chi connectivity index (χ2v) is 8.53. The van der Waals surface area contributed by atoms with Crippen LogP contribution in [0.15, 0.2) is 45.9 Å². The third-order valence-corrected chi connectivity index (χ3v) is 6.92. The Hall–Kier alpha value is -2.72. The highest BCUT2D eigenvalue weighted by Gasteiger charge is 2.36. The van der Waals surface area contributed by atoms with Gasteiger partial charge in [0.1, 0.15) is 5.76 Å². The molecule has 28 heavy (non-hydrogen) atoms. The molecular weight excluding hydrogens is 386 g/mol. The fourth-order valence-electron chi connectivity index (χ4n) is 3.34. The number of carbonyl (C=O) groups is 1. The van der Waals surface area contributed by atoms with Gasteiger partial charge in [-0.3, -0.25) is 14.9 Å². The zero-order valence-corrected chi connectivity index (χ0v) is 16.1. The molecule has 0 aliphatic carbocycles. The standard InChI is InChI=1S/C18H21N3O6S/c1-13-4-2-6-16(21(23)24)17(13)28(25,26)20-9-7-14(8-10-20)18(22)19-12-15-5-3-11-27-15/h2-6,11,14H,7-10,12H2,1H3,(H,19,22). The quantitative estimate of drug-likeness (QED) is 0.578. The van der Waals surface area contributed by atoms with Crippen molar-refractivity contribution in [3.8, 4) is 0 Å². The molecule has 1 saturated heterocycles. The summed E-state index contributed by atoms with van der Waals surface area (Å²) in [4.78, 5) is 22.6. The molecule has 1 N–H and O–H groups in total. The minimum atomic E-state index is -4.02. The minimum absolute atomic E-state index is 0.132. The van der Waals surface area contributed by atoms with Gasteiger partial charge in [-0.15, -0.1) is 0 Å². The highest BCUT2D eigenvalue weighted by atomic mass is 32.2. The first-order valence-electron chi connectivity index (χ1n) is 8.85. The van der Waals surface area contributed by atoms with Gasteiger partial charge in [0.15, 0.2) is 4.90 Å². The molecule has 9 nitrogen and oxygen atoms in total. The zero-order chi connectivity index (χ0) is 20.3. The second kappa shape index (κ2) is 8.11. The normalized spacial score (nSPS) is 16.0. The number of furan rings is 1. The van der Waals surface area contributed by atoms with Crippen LogP contribution in [0.4, 0.5) is 5.69 Å². The number of hydrogen-bond donors (Lipinski definition) is 1. The maximum absolute atomic E-state index is 13.0. The lowest BCUT2D eigenvalue weighted by atomic mass is 9.97. The number of rotatable bonds is 6. The molecule has 1 fully saturated rings. The van der Waals surface area contributed by atoms with E-state index in [1.54, 1.807) is 12.1 Å². The van der Waals surface area contributed by atoms with Crippen molar-refractivity contribution in [2.24, 2.45) is 5.92 Å². The number of amides is 1. The topological polar surface area (TPSA) is 123 Å². The summed E-state index contributed by atoms with van der Waals surface area (Å²) in [5.41, 5.74) is -0.106. The van der Waals surface area contributed by atoms with E-state index in [-0.39, 0.29) is 36.4 Å². The Morgan fingerprint density at radius 1 is 1.29 bits per heavy atom. The number of nitro groups is 1. The van der Waals surface area contributed by atoms with Crippen LogP contribution in [0.5, 0.6) is 0 Å². The van der Waals surface area contributed by atoms with Gasteiger partial charge in [0.05, 0.1) is 17.7 Å². The van der Waals surface area contributed by atoms with Crippen molar-refractivity contribution in [1.29, 1.82) is 0 Å². The first kappa shape index (κ1) is 20.0. The highest BCUT2D eigenvalue weighted by molar-refractivity contribution is 7.89. The highest BCUT2D eigenvalue weighted by Crippen LogP contribution is 2.32. The molecule has 0 unspecified atom stereocenters. The molecule has 150 valence electrons. The Balaban J connectivity index is 1.67. The van der Waals surface area contributed by atoms with E-state index in [0.29, 0.717) is 24.2 Å². The van der Waals surface area contributed by atoms with Crippen LogP contribution in [0.2, 0.25) is 0 Å². The molecule has 2 heterocycles. The smallest absolute Gasteiger partial charge is 0.289 e. The molecule has 0 spiro atoms. The van der Waals surface area contributed by atoms with Crippen LogP contribution in [-0.2, 0) is 21.4 Å². The van der Waals surface area contributed by atoms with E-state index < -0.39 is 20.6 Å². The van der Waals surface area contributed by atoms with E-state index in [0.717, 1.165) is 0 Å². The number of aryl methyl sites for hydroxylation is 1. The molecule has 3 rings (SSSR count). The van der Waals surface area contributed by atoms with Crippen LogP contribution in [0, 0.1) is 23.0 Å². The Morgan fingerprint density at radius 3 is 2.61 bits per heavy atom. The summed E-state index contributed by atoms with van der Waals surface area (Å²) < 4.78 is 32.4. The molecule has 10 heteroatoms. The number of nitro benzene ring substituents is 1. The number of nitrogens with one attached hydrogen (secondary N) is 1. The van der Waals surface area contributed by atoms with Gasteiger partial charge in [0, 0.05) is 25.1 Å². The van der Waals surface area contributed by atoms with Crippen molar-refractivity contribution in [2.45, 2.75) is 31.2 Å². The van der Waals surface area contributed by atoms with E-state index in [9.17, 15) is 23.3 Å². The molecule has 1 aromatic carbocycles. The van der Waals surface area contributed by atoms with Gasteiger partial charge in [-0.05, 0) is 37.5 Å². The van der Waals surface area contributed by atoms with Crippen molar-refractivity contribution in [3.05, 3.63) is 58.0 Å². The summed E-state index contributed by atoms with van der Waals surface area (Å²) in [7, 11) is -4.02. The largest absolute Gasteiger partial charge is 0.467 e. The third kappa shape index (κ3) is 4.07. The van der Waals surface area contributed by atoms with Gasteiger partial charge in [-0.2, -0.15) is 4.31 Å². The van der Waals surface area contributed by atoms with Gasteiger partial charge in [-0.1, -0.05) is 12.1 Å². The lowest BCUT2D eigenvalue weighted by Gasteiger charge is -2.30. The molecule has 1 aliphatic rings. The van der Waals surface area contributed by atoms with Gasteiger partial charge in [0.25, 0.3) is 5.69 Å². The third-order valence-electron chi connectivity index (χ3n) is 4.83. The van der Waals surface area contributed by atoms with Crippen LogP contribution in [-0.4, -0.2) is 36.6 Å². The average Bonchev–Trinajstić information content (AvgIpc) is 3.19. The number of sulfonamides is 1. The Kier molecular flexibility index (Phi) is 5.80. The summed E-state index contributed by atoms with van der Waals surface area (Å²) in [6.07, 6.45) is 2.22. The Labute approximate surface area is 162 Å². The van der Waals surface area contributed by atoms with Crippen molar-refractivity contribution >= 4 is 21.6 Å². The van der Waals surface area contributed by atoms with Crippen LogP contribution < -0.4 is 5.32 Å². The molecule has 1 aromatic heterocycles. The van der Waals surface area contributed by atoms with Crippen LogP contribution in [0.25, 0.3) is 0 Å². The lowest BCUT2D eigenvalue weighted by Crippen LogP contribution is -2.43. The van der Waals surface area contributed by atoms with Crippen molar-refractivity contribution < 1.29 is 22.6 Å². The Morgan fingerprint density at radius 2 is 2.00 bits per heavy atom. The second-order valence-electron chi connectivity index (χ2n) is 6.66. The summed E-state index contributed by atoms with van der Waals surface area (Å²) in [6, 6.07) is 7.67. The van der Waals surface area contributed by atoms with E-state index in [1.165, 1.54) is 35.7 Å². The van der Waals surface area contributed by atoms with Gasteiger partial charge in [0.2, 0.25) is 15.9 Å². The average molecular weight is 407 g/mol. The van der Waals surface area contributed by atoms with Gasteiger partial charge >= 0.3 is 0 Å². The molecule has 0 bridgehead atoms. The predicted molar refractivity (Wildman–Crippen MR) is 99.9 cm³/mol. The van der Waals surface area contributed by atoms with Crippen LogP contribution in [0.3, 0.4) is 0 Å². The lowest BCUT2D eigenvalue weighted by molar-refractivity contribution is -0.387. The van der Waals surface area contributed by atoms with Gasteiger partial charge < -0.3 is 9.73 Å². The summed E-state index contributed by atoms with van der Waals surface area (Å²) in [6.45, 7) is 2.08. The number of benzene rings is 1. The molecule has 2 aromatic rings. The zero-order valence-electron chi connectivity index (χ0n) is 15.3. The summed E-state index contributed by atoms with van der Waals surface area (Å²) in [5, 5.41) is 14.1. The molecule has 0 atom stereocenters.